The first kappa shape index (κ1) is 26.6. The molecule has 1 aliphatic rings. The number of benzene rings is 3. The zero-order valence-corrected chi connectivity index (χ0v) is 21.9. The Hall–Kier alpha value is -4.44. The lowest BCUT2D eigenvalue weighted by Crippen LogP contribution is -2.49. The van der Waals surface area contributed by atoms with Crippen LogP contribution in [0.25, 0.3) is 0 Å². The van der Waals surface area contributed by atoms with Crippen LogP contribution in [0.5, 0.6) is 11.5 Å². The predicted octanol–water partition coefficient (Wildman–Crippen LogP) is 4.16. The van der Waals surface area contributed by atoms with Gasteiger partial charge in [0.05, 0.1) is 25.8 Å². The van der Waals surface area contributed by atoms with Gasteiger partial charge in [-0.3, -0.25) is 24.7 Å². The van der Waals surface area contributed by atoms with Crippen molar-refractivity contribution < 1.29 is 23.9 Å². The number of thiocarbonyl (C=S) groups is 1. The smallest absolute Gasteiger partial charge is 0.269 e. The van der Waals surface area contributed by atoms with E-state index in [9.17, 15) is 14.4 Å². The fourth-order valence-corrected chi connectivity index (χ4v) is 4.24. The van der Waals surface area contributed by atoms with Gasteiger partial charge in [0.2, 0.25) is 11.0 Å². The van der Waals surface area contributed by atoms with Crippen LogP contribution in [-0.2, 0) is 9.59 Å². The number of hydrogen-bond donors (Lipinski definition) is 2. The van der Waals surface area contributed by atoms with Gasteiger partial charge in [-0.05, 0) is 79.3 Å². The lowest BCUT2D eigenvalue weighted by molar-refractivity contribution is -0.124. The summed E-state index contributed by atoms with van der Waals surface area (Å²) < 4.78 is 10.8. The first-order chi connectivity index (χ1) is 18.4. The van der Waals surface area contributed by atoms with Gasteiger partial charge in [-0.2, -0.15) is 0 Å². The first-order valence-corrected chi connectivity index (χ1v) is 12.5. The summed E-state index contributed by atoms with van der Waals surface area (Å²) in [6.07, 6.45) is 0.648. The van der Waals surface area contributed by atoms with Gasteiger partial charge in [0.15, 0.2) is 0 Å². The van der Waals surface area contributed by atoms with E-state index in [1.807, 2.05) is 6.92 Å². The molecule has 2 N–H and O–H groups in total. The quantitative estimate of drug-likeness (QED) is 0.378. The van der Waals surface area contributed by atoms with Crippen LogP contribution in [0.15, 0.2) is 78.9 Å². The molecule has 10 heteroatoms. The number of carbonyl (C=O) groups excluding carboxylic acids is 3. The summed E-state index contributed by atoms with van der Waals surface area (Å²) in [6.45, 7) is 2.62. The number of hydrogen-bond acceptors (Lipinski definition) is 6. The molecule has 38 heavy (non-hydrogen) atoms. The number of methoxy groups -OCH3 is 1. The minimum atomic E-state index is -1.05. The average Bonchev–Trinajstić information content (AvgIpc) is 3.16. The summed E-state index contributed by atoms with van der Waals surface area (Å²) in [7, 11) is 1.54. The Bertz CT molecular complexity index is 1300. The minimum Gasteiger partial charge on any atom is -0.497 e. The van der Waals surface area contributed by atoms with Gasteiger partial charge in [-0.1, -0.05) is 25.1 Å². The SMILES string of the molecule is CCCOc1ccc(NC(=O)CC2C(=O)N(c3ccc(OC)cc3)C(=S)N2NC(=O)c2ccccc2)cc1. The Kier molecular flexibility index (Phi) is 8.55. The monoisotopic (exact) mass is 532 g/mol. The van der Waals surface area contributed by atoms with Gasteiger partial charge in [0.1, 0.15) is 17.5 Å². The van der Waals surface area contributed by atoms with E-state index in [-0.39, 0.29) is 11.5 Å². The second kappa shape index (κ2) is 12.2. The highest BCUT2D eigenvalue weighted by molar-refractivity contribution is 7.80. The molecule has 0 aromatic heterocycles. The molecule has 3 amide bonds. The summed E-state index contributed by atoms with van der Waals surface area (Å²) in [4.78, 5) is 40.8. The molecule has 3 aromatic rings. The summed E-state index contributed by atoms with van der Waals surface area (Å²) in [5.41, 5.74) is 4.15. The average molecular weight is 533 g/mol. The number of nitrogens with zero attached hydrogens (tertiary/aromatic N) is 2. The number of rotatable bonds is 10. The highest BCUT2D eigenvalue weighted by Crippen LogP contribution is 2.28. The van der Waals surface area contributed by atoms with E-state index in [2.05, 4.69) is 10.7 Å². The van der Waals surface area contributed by atoms with Crippen molar-refractivity contribution in [1.82, 2.24) is 10.4 Å². The Morgan fingerprint density at radius 3 is 2.24 bits per heavy atom. The highest BCUT2D eigenvalue weighted by Gasteiger charge is 2.45. The molecule has 1 heterocycles. The number of carbonyl (C=O) groups is 3. The third-order valence-electron chi connectivity index (χ3n) is 5.79. The molecular weight excluding hydrogens is 504 g/mol. The van der Waals surface area contributed by atoms with E-state index in [0.29, 0.717) is 35.0 Å². The van der Waals surface area contributed by atoms with Crippen LogP contribution in [0.2, 0.25) is 0 Å². The number of amides is 3. The van der Waals surface area contributed by atoms with E-state index in [0.717, 1.165) is 6.42 Å². The lowest BCUT2D eigenvalue weighted by Gasteiger charge is -2.24. The fourth-order valence-electron chi connectivity index (χ4n) is 3.87. The third kappa shape index (κ3) is 6.09. The molecule has 4 rings (SSSR count). The Morgan fingerprint density at radius 2 is 1.61 bits per heavy atom. The second-order valence-electron chi connectivity index (χ2n) is 8.47. The summed E-state index contributed by atoms with van der Waals surface area (Å²) >= 11 is 5.60. The fraction of sp³-hybridized carbons (Fsp3) is 0.214. The maximum absolute atomic E-state index is 13.5. The summed E-state index contributed by atoms with van der Waals surface area (Å²) in [5.74, 6) is 0.00927. The Morgan fingerprint density at radius 1 is 0.947 bits per heavy atom. The molecular formula is C28H28N4O5S. The van der Waals surface area contributed by atoms with Crippen molar-refractivity contribution in [1.29, 1.82) is 0 Å². The molecule has 1 atom stereocenters. The van der Waals surface area contributed by atoms with Crippen LogP contribution >= 0.6 is 12.2 Å². The van der Waals surface area contributed by atoms with E-state index in [1.165, 1.54) is 9.91 Å². The van der Waals surface area contributed by atoms with Gasteiger partial charge in [0.25, 0.3) is 11.8 Å². The zero-order chi connectivity index (χ0) is 27.1. The topological polar surface area (TPSA) is 100 Å². The maximum Gasteiger partial charge on any atom is 0.269 e. The molecule has 9 nitrogen and oxygen atoms in total. The van der Waals surface area contributed by atoms with Crippen molar-refractivity contribution >= 4 is 46.4 Å². The molecule has 1 fully saturated rings. The van der Waals surface area contributed by atoms with Crippen LogP contribution in [-0.4, -0.2) is 47.6 Å². The van der Waals surface area contributed by atoms with E-state index >= 15 is 0 Å². The summed E-state index contributed by atoms with van der Waals surface area (Å²) in [5, 5.41) is 4.13. The number of ether oxygens (including phenoxy) is 2. The molecule has 0 radical (unpaired) electrons. The molecule has 1 saturated heterocycles. The van der Waals surface area contributed by atoms with Crippen molar-refractivity contribution in [2.45, 2.75) is 25.8 Å². The first-order valence-electron chi connectivity index (χ1n) is 12.1. The molecule has 3 aromatic carbocycles. The summed E-state index contributed by atoms with van der Waals surface area (Å²) in [6, 6.07) is 21.2. The van der Waals surface area contributed by atoms with Gasteiger partial charge in [-0.15, -0.1) is 0 Å². The van der Waals surface area contributed by atoms with E-state index in [4.69, 9.17) is 21.7 Å². The molecule has 0 saturated carbocycles. The van der Waals surface area contributed by atoms with Gasteiger partial charge in [-0.25, -0.2) is 5.01 Å². The van der Waals surface area contributed by atoms with Gasteiger partial charge >= 0.3 is 0 Å². The highest BCUT2D eigenvalue weighted by atomic mass is 32.1. The number of nitrogens with one attached hydrogen (secondary N) is 2. The molecule has 0 aliphatic carbocycles. The third-order valence-corrected chi connectivity index (χ3v) is 6.17. The molecule has 0 bridgehead atoms. The van der Waals surface area contributed by atoms with E-state index < -0.39 is 23.8 Å². The zero-order valence-electron chi connectivity index (χ0n) is 21.0. The van der Waals surface area contributed by atoms with Crippen LogP contribution in [0.4, 0.5) is 11.4 Å². The van der Waals surface area contributed by atoms with Crippen molar-refractivity contribution in [3.63, 3.8) is 0 Å². The lowest BCUT2D eigenvalue weighted by atomic mass is 10.1. The van der Waals surface area contributed by atoms with Crippen LogP contribution in [0.3, 0.4) is 0 Å². The Labute approximate surface area is 226 Å². The van der Waals surface area contributed by atoms with Gasteiger partial charge in [0, 0.05) is 11.3 Å². The molecule has 196 valence electrons. The van der Waals surface area contributed by atoms with Crippen LogP contribution in [0, 0.1) is 0 Å². The normalized spacial score (nSPS) is 14.8. The van der Waals surface area contributed by atoms with Crippen molar-refractivity contribution in [2.24, 2.45) is 0 Å². The molecule has 1 aliphatic heterocycles. The molecule has 1 unspecified atom stereocenters. The van der Waals surface area contributed by atoms with Crippen molar-refractivity contribution in [2.75, 3.05) is 23.9 Å². The van der Waals surface area contributed by atoms with Crippen LogP contribution < -0.4 is 25.1 Å². The number of hydrazine groups is 1. The number of anilines is 2. The second-order valence-corrected chi connectivity index (χ2v) is 8.84. The van der Waals surface area contributed by atoms with Crippen LogP contribution in [0.1, 0.15) is 30.1 Å². The molecule has 0 spiro atoms. The van der Waals surface area contributed by atoms with Crippen molar-refractivity contribution in [3.05, 3.63) is 84.4 Å². The van der Waals surface area contributed by atoms with Gasteiger partial charge < -0.3 is 14.8 Å². The predicted molar refractivity (Wildman–Crippen MR) is 148 cm³/mol. The largest absolute Gasteiger partial charge is 0.497 e. The van der Waals surface area contributed by atoms with E-state index in [1.54, 1.807) is 86.0 Å². The standard InChI is InChI=1S/C28H28N4O5S/c1-3-17-37-23-13-9-20(10-14-23)29-25(33)18-24-27(35)31(21-11-15-22(36-2)16-12-21)28(38)32(24)30-26(34)19-7-5-4-6-8-19/h4-16,24H,3,17-18H2,1-2H3,(H,29,33)(H,30,34). The Balaban J connectivity index is 1.54. The van der Waals surface area contributed by atoms with Crippen molar-refractivity contribution in [3.8, 4) is 11.5 Å². The maximum atomic E-state index is 13.5. The minimum absolute atomic E-state index is 0.0553.